The van der Waals surface area contributed by atoms with Crippen LogP contribution in [0.15, 0.2) is 47.0 Å². The van der Waals surface area contributed by atoms with Gasteiger partial charge >= 0.3 is 6.18 Å². The summed E-state index contributed by atoms with van der Waals surface area (Å²) in [5, 5.41) is 13.0. The maximum absolute atomic E-state index is 13.2. The summed E-state index contributed by atoms with van der Waals surface area (Å²) in [4.78, 5) is 8.42. The lowest BCUT2D eigenvalue weighted by atomic mass is 10.1. The molecule has 0 spiro atoms. The molecule has 1 aliphatic heterocycles. The number of rotatable bonds is 5. The summed E-state index contributed by atoms with van der Waals surface area (Å²) in [6.45, 7) is 2.80. The van der Waals surface area contributed by atoms with Crippen molar-refractivity contribution in [3.8, 4) is 23.2 Å². The predicted octanol–water partition coefficient (Wildman–Crippen LogP) is 3.96. The topological polar surface area (TPSA) is 78.4 Å². The molecule has 10 heteroatoms. The van der Waals surface area contributed by atoms with Gasteiger partial charge in [-0.05, 0) is 42.5 Å². The van der Waals surface area contributed by atoms with Gasteiger partial charge in [-0.2, -0.15) is 23.4 Å². The normalized spacial score (nSPS) is 14.9. The third-order valence-electron chi connectivity index (χ3n) is 5.34. The van der Waals surface area contributed by atoms with Gasteiger partial charge in [0.2, 0.25) is 11.7 Å². The number of aromatic nitrogens is 2. The molecular formula is C22H20F3N5O2. The number of nitrogens with zero attached hydrogens (tertiary/aromatic N) is 5. The molecule has 2 aromatic carbocycles. The first-order valence-electron chi connectivity index (χ1n) is 9.93. The van der Waals surface area contributed by atoms with Gasteiger partial charge in [0.25, 0.3) is 0 Å². The van der Waals surface area contributed by atoms with E-state index in [-0.39, 0.29) is 5.56 Å². The maximum atomic E-state index is 13.2. The first kappa shape index (κ1) is 21.6. The number of benzene rings is 2. The van der Waals surface area contributed by atoms with Gasteiger partial charge in [-0.1, -0.05) is 5.16 Å². The van der Waals surface area contributed by atoms with Crippen LogP contribution in [0.5, 0.6) is 5.75 Å². The second kappa shape index (κ2) is 8.88. The van der Waals surface area contributed by atoms with Crippen molar-refractivity contribution in [3.05, 3.63) is 59.5 Å². The Labute approximate surface area is 182 Å². The number of methoxy groups -OCH3 is 1. The fourth-order valence-corrected chi connectivity index (χ4v) is 3.59. The smallest absolute Gasteiger partial charge is 0.417 e. The lowest BCUT2D eigenvalue weighted by Gasteiger charge is -2.35. The van der Waals surface area contributed by atoms with Crippen molar-refractivity contribution in [1.82, 2.24) is 15.0 Å². The van der Waals surface area contributed by atoms with Gasteiger partial charge in [0.1, 0.15) is 5.75 Å². The summed E-state index contributed by atoms with van der Waals surface area (Å²) in [5.41, 5.74) is -0.0109. The van der Waals surface area contributed by atoms with E-state index in [2.05, 4.69) is 15.0 Å². The monoisotopic (exact) mass is 443 g/mol. The minimum absolute atomic E-state index is 0.371. The second-order valence-corrected chi connectivity index (χ2v) is 7.34. The van der Waals surface area contributed by atoms with Crippen LogP contribution >= 0.6 is 0 Å². The number of ether oxygens (including phenoxy) is 1. The number of hydrogen-bond acceptors (Lipinski definition) is 7. The highest BCUT2D eigenvalue weighted by atomic mass is 19.4. The molecular weight excluding hydrogens is 423 g/mol. The Morgan fingerprint density at radius 2 is 1.81 bits per heavy atom. The van der Waals surface area contributed by atoms with Crippen molar-refractivity contribution < 1.29 is 22.4 Å². The highest BCUT2D eigenvalue weighted by Gasteiger charge is 2.34. The molecule has 1 aliphatic rings. The van der Waals surface area contributed by atoms with Gasteiger partial charge in [0, 0.05) is 37.4 Å². The van der Waals surface area contributed by atoms with E-state index in [0.717, 1.165) is 17.4 Å². The van der Waals surface area contributed by atoms with E-state index in [1.807, 2.05) is 29.2 Å². The molecule has 1 fully saturated rings. The van der Waals surface area contributed by atoms with Crippen LogP contribution in [0.25, 0.3) is 11.4 Å². The second-order valence-electron chi connectivity index (χ2n) is 7.34. The standard InChI is InChI=1S/C22H20F3N5O2/c1-31-18-6-3-15(4-7-18)21-27-20(32-28-21)14-29-8-10-30(11-9-29)17-5-2-16(13-26)19(12-17)22(23,24)25/h2-7,12H,8-11,14H2,1H3. The first-order chi connectivity index (χ1) is 15.4. The predicted molar refractivity (Wildman–Crippen MR) is 110 cm³/mol. The van der Waals surface area contributed by atoms with Crippen molar-refractivity contribution in [3.63, 3.8) is 0 Å². The average molecular weight is 443 g/mol. The zero-order valence-electron chi connectivity index (χ0n) is 17.3. The number of halogens is 3. The van der Waals surface area contributed by atoms with Crippen LogP contribution in [0.4, 0.5) is 18.9 Å². The molecule has 0 N–H and O–H groups in total. The lowest BCUT2D eigenvalue weighted by Crippen LogP contribution is -2.46. The van der Waals surface area contributed by atoms with Crippen LogP contribution in [0.2, 0.25) is 0 Å². The molecule has 0 radical (unpaired) electrons. The molecule has 1 aromatic heterocycles. The molecule has 32 heavy (non-hydrogen) atoms. The van der Waals surface area contributed by atoms with Crippen LogP contribution < -0.4 is 9.64 Å². The molecule has 166 valence electrons. The molecule has 4 rings (SSSR count). The van der Waals surface area contributed by atoms with Gasteiger partial charge in [0.15, 0.2) is 0 Å². The molecule has 2 heterocycles. The van der Waals surface area contributed by atoms with E-state index >= 15 is 0 Å². The van der Waals surface area contributed by atoms with Crippen LogP contribution in [0.3, 0.4) is 0 Å². The third kappa shape index (κ3) is 4.68. The van der Waals surface area contributed by atoms with Gasteiger partial charge in [-0.25, -0.2) is 0 Å². The number of piperazine rings is 1. The van der Waals surface area contributed by atoms with Gasteiger partial charge in [-0.3, -0.25) is 4.90 Å². The SMILES string of the molecule is COc1ccc(-c2noc(CN3CCN(c4ccc(C#N)c(C(F)(F)F)c4)CC3)n2)cc1. The number of nitriles is 1. The Morgan fingerprint density at radius 3 is 2.44 bits per heavy atom. The largest absolute Gasteiger partial charge is 0.497 e. The van der Waals surface area contributed by atoms with E-state index < -0.39 is 11.7 Å². The summed E-state index contributed by atoms with van der Waals surface area (Å²) < 4.78 is 50.2. The Kier molecular flexibility index (Phi) is 6.01. The highest BCUT2D eigenvalue weighted by Crippen LogP contribution is 2.34. The van der Waals surface area contributed by atoms with Crippen LogP contribution in [0.1, 0.15) is 17.0 Å². The van der Waals surface area contributed by atoms with Crippen molar-refractivity contribution >= 4 is 5.69 Å². The Bertz CT molecular complexity index is 1110. The quantitative estimate of drug-likeness (QED) is 0.591. The summed E-state index contributed by atoms with van der Waals surface area (Å²) in [6, 6.07) is 12.8. The average Bonchev–Trinajstić information content (AvgIpc) is 3.27. The molecule has 1 saturated heterocycles. The van der Waals surface area contributed by atoms with E-state index in [4.69, 9.17) is 14.5 Å². The zero-order valence-corrected chi connectivity index (χ0v) is 17.3. The number of alkyl halides is 3. The summed E-state index contributed by atoms with van der Waals surface area (Å²) >= 11 is 0. The highest BCUT2D eigenvalue weighted by molar-refractivity contribution is 5.56. The molecule has 0 aliphatic carbocycles. The van der Waals surface area contributed by atoms with Crippen LogP contribution in [-0.4, -0.2) is 48.3 Å². The Balaban J connectivity index is 1.38. The molecule has 7 nitrogen and oxygen atoms in total. The Hall–Kier alpha value is -3.58. The fourth-order valence-electron chi connectivity index (χ4n) is 3.59. The Morgan fingerprint density at radius 1 is 1.09 bits per heavy atom. The van der Waals surface area contributed by atoms with Crippen molar-refractivity contribution in [2.45, 2.75) is 12.7 Å². The van der Waals surface area contributed by atoms with Crippen molar-refractivity contribution in [1.29, 1.82) is 5.26 Å². The van der Waals surface area contributed by atoms with Gasteiger partial charge in [0.05, 0.1) is 30.9 Å². The van der Waals surface area contributed by atoms with E-state index in [9.17, 15) is 13.2 Å². The van der Waals surface area contributed by atoms with Gasteiger partial charge < -0.3 is 14.2 Å². The molecule has 0 amide bonds. The van der Waals surface area contributed by atoms with E-state index in [1.165, 1.54) is 6.07 Å². The summed E-state index contributed by atoms with van der Waals surface area (Å²) in [6.07, 6.45) is -4.57. The summed E-state index contributed by atoms with van der Waals surface area (Å²) in [7, 11) is 1.60. The molecule has 0 bridgehead atoms. The first-order valence-corrected chi connectivity index (χ1v) is 9.93. The molecule has 0 saturated carbocycles. The molecule has 3 aromatic rings. The fraction of sp³-hybridized carbons (Fsp3) is 0.318. The number of hydrogen-bond donors (Lipinski definition) is 0. The van der Waals surface area contributed by atoms with Crippen molar-refractivity contribution in [2.24, 2.45) is 0 Å². The number of anilines is 1. The minimum Gasteiger partial charge on any atom is -0.497 e. The summed E-state index contributed by atoms with van der Waals surface area (Å²) in [5.74, 6) is 1.69. The van der Waals surface area contributed by atoms with Crippen LogP contribution in [0, 0.1) is 11.3 Å². The van der Waals surface area contributed by atoms with Crippen molar-refractivity contribution in [2.75, 3.05) is 38.2 Å². The zero-order chi connectivity index (χ0) is 22.7. The lowest BCUT2D eigenvalue weighted by molar-refractivity contribution is -0.137. The minimum atomic E-state index is -4.57. The van der Waals surface area contributed by atoms with Crippen LogP contribution in [-0.2, 0) is 12.7 Å². The molecule has 0 unspecified atom stereocenters. The third-order valence-corrected chi connectivity index (χ3v) is 5.34. The maximum Gasteiger partial charge on any atom is 0.417 e. The van der Waals surface area contributed by atoms with E-state index in [0.29, 0.717) is 50.1 Å². The molecule has 0 atom stereocenters. The van der Waals surface area contributed by atoms with E-state index in [1.54, 1.807) is 19.2 Å². The van der Waals surface area contributed by atoms with Gasteiger partial charge in [-0.15, -0.1) is 0 Å².